The predicted octanol–water partition coefficient (Wildman–Crippen LogP) is 20.3. The first-order chi connectivity index (χ1) is 64.0. The van der Waals surface area contributed by atoms with Gasteiger partial charge >= 0.3 is 18.1 Å². The molecule has 6 aliphatic rings. The lowest BCUT2D eigenvalue weighted by molar-refractivity contribution is 0.0342. The van der Waals surface area contributed by atoms with Gasteiger partial charge in [0.1, 0.15) is 65.4 Å². The molecule has 15 aromatic rings. The number of likely N-dealkylation sites (N-methyl/N-ethyl adjacent to an activating group) is 1. The van der Waals surface area contributed by atoms with Crippen LogP contribution >= 0.6 is 34.0 Å². The summed E-state index contributed by atoms with van der Waals surface area (Å²) in [7, 11) is 2.14. The van der Waals surface area contributed by atoms with Crippen molar-refractivity contribution in [3.05, 3.63) is 286 Å². The molecule has 0 spiro atoms. The number of anilines is 12. The number of hydrogen-bond donors (Lipinski definition) is 6. The minimum absolute atomic E-state index is 0.0181. The summed E-state index contributed by atoms with van der Waals surface area (Å²) in [6, 6.07) is 60.9. The highest BCUT2D eigenvalue weighted by atomic mass is 32.1. The van der Waals surface area contributed by atoms with Gasteiger partial charge in [-0.05, 0) is 165 Å². The molecular weight excluding hydrogens is 1730 g/mol. The van der Waals surface area contributed by atoms with Crippen LogP contribution in [0.1, 0.15) is 65.0 Å². The van der Waals surface area contributed by atoms with Crippen LogP contribution in [0.25, 0.3) is 30.6 Å². The topological polar surface area (TPSA) is 312 Å². The van der Waals surface area contributed by atoms with Crippen LogP contribution in [0.2, 0.25) is 0 Å². The molecule has 0 atom stereocenters. The number of piperidine rings is 1. The summed E-state index contributed by atoms with van der Waals surface area (Å²) in [6.45, 7) is 12.5. The first-order valence-corrected chi connectivity index (χ1v) is 44.8. The molecule has 0 unspecified atom stereocenters. The molecule has 12 heterocycles. The lowest BCUT2D eigenvalue weighted by Gasteiger charge is -2.32. The molecule has 21 rings (SSSR count). The molecule has 0 bridgehead atoms. The van der Waals surface area contributed by atoms with Crippen LogP contribution in [0.15, 0.2) is 237 Å². The van der Waals surface area contributed by atoms with Gasteiger partial charge < -0.3 is 60.6 Å². The second kappa shape index (κ2) is 38.3. The molecule has 0 aliphatic carbocycles. The van der Waals surface area contributed by atoms with Crippen molar-refractivity contribution in [1.82, 2.24) is 49.5 Å². The second-order valence-electron chi connectivity index (χ2n) is 31.5. The van der Waals surface area contributed by atoms with Crippen LogP contribution < -0.4 is 60.8 Å². The Bertz CT molecular complexity index is 6810. The second-order valence-corrected chi connectivity index (χ2v) is 34.5. The van der Waals surface area contributed by atoms with Crippen molar-refractivity contribution in [3.63, 3.8) is 0 Å². The largest absolute Gasteiger partial charge is 0.454 e. The number of ether oxygens (including phenoxy) is 4. The third-order valence-corrected chi connectivity index (χ3v) is 26.0. The molecule has 131 heavy (non-hydrogen) atoms. The maximum absolute atomic E-state index is 15.1. The minimum Gasteiger partial charge on any atom is -0.454 e. The van der Waals surface area contributed by atoms with Gasteiger partial charge in [0, 0.05) is 94.2 Å². The van der Waals surface area contributed by atoms with Gasteiger partial charge in [0.2, 0.25) is 0 Å². The van der Waals surface area contributed by atoms with E-state index in [1.165, 1.54) is 114 Å². The van der Waals surface area contributed by atoms with E-state index in [0.717, 1.165) is 118 Å². The van der Waals surface area contributed by atoms with Crippen molar-refractivity contribution in [2.45, 2.75) is 38.8 Å². The molecule has 6 aromatic heterocycles. The average Bonchev–Trinajstić information content (AvgIpc) is 1.62. The first-order valence-electron chi connectivity index (χ1n) is 42.4. The fraction of sp³-hybridized carbons (Fsp3) is 0.188. The van der Waals surface area contributed by atoms with Crippen molar-refractivity contribution in [2.75, 3.05) is 126 Å². The van der Waals surface area contributed by atoms with Gasteiger partial charge in [-0.3, -0.25) is 24.2 Å². The monoisotopic (exact) mass is 1810 g/mol. The molecule has 0 saturated carbocycles. The van der Waals surface area contributed by atoms with Crippen molar-refractivity contribution >= 4 is 169 Å². The summed E-state index contributed by atoms with van der Waals surface area (Å²) in [6.07, 6.45) is 8.80. The highest BCUT2D eigenvalue weighted by Crippen LogP contribution is 2.50. The van der Waals surface area contributed by atoms with E-state index in [1.807, 2.05) is 91.0 Å². The number of amides is 9. The van der Waals surface area contributed by atoms with Gasteiger partial charge in [0.25, 0.3) is 17.7 Å². The van der Waals surface area contributed by atoms with Gasteiger partial charge in [-0.15, -0.1) is 34.0 Å². The van der Waals surface area contributed by atoms with Crippen LogP contribution in [0, 0.1) is 17.5 Å². The quantitative estimate of drug-likeness (QED) is 0.0367. The van der Waals surface area contributed by atoms with E-state index in [0.29, 0.717) is 96.7 Å². The number of halogens is 3. The average molecular weight is 1820 g/mol. The number of urea groups is 3. The van der Waals surface area contributed by atoms with Crippen molar-refractivity contribution in [1.29, 1.82) is 0 Å². The van der Waals surface area contributed by atoms with Gasteiger partial charge in [0.05, 0.1) is 63.5 Å². The molecule has 35 heteroatoms. The molecule has 9 aromatic carbocycles. The van der Waals surface area contributed by atoms with Crippen LogP contribution in [0.4, 0.5) is 96.2 Å². The van der Waals surface area contributed by atoms with E-state index in [2.05, 4.69) is 88.5 Å². The van der Waals surface area contributed by atoms with E-state index < -0.39 is 35.5 Å². The molecule has 3 fully saturated rings. The number of para-hydroxylation sites is 3. The van der Waals surface area contributed by atoms with E-state index in [4.69, 9.17) is 18.9 Å². The van der Waals surface area contributed by atoms with Gasteiger partial charge in [-0.1, -0.05) is 97.4 Å². The third kappa shape index (κ3) is 19.0. The van der Waals surface area contributed by atoms with E-state index in [9.17, 15) is 28.8 Å². The summed E-state index contributed by atoms with van der Waals surface area (Å²) >= 11 is 3.46. The number of aromatic nitrogens is 6. The maximum Gasteiger partial charge on any atom is 0.332 e. The maximum atomic E-state index is 15.1. The molecule has 0 radical (unpaired) electrons. The summed E-state index contributed by atoms with van der Waals surface area (Å²) < 4.78 is 67.7. The van der Waals surface area contributed by atoms with Crippen molar-refractivity contribution < 1.29 is 60.9 Å². The summed E-state index contributed by atoms with van der Waals surface area (Å²) in [4.78, 5) is 122. The Labute approximate surface area is 760 Å². The number of nitrogens with one attached hydrogen (secondary N) is 6. The number of nitrogens with zero attached hydrogens (tertiary/aromatic N) is 13. The number of carbonyl (C=O) groups is 6. The zero-order chi connectivity index (χ0) is 89.6. The number of carbonyl (C=O) groups excluding carboxylic acids is 6. The van der Waals surface area contributed by atoms with Crippen LogP contribution in [-0.4, -0.2) is 164 Å². The number of piperazine rings is 1. The fourth-order valence-corrected chi connectivity index (χ4v) is 19.0. The minimum atomic E-state index is -0.647. The zero-order valence-corrected chi connectivity index (χ0v) is 72.7. The highest BCUT2D eigenvalue weighted by molar-refractivity contribution is 7.22. The van der Waals surface area contributed by atoms with E-state index in [1.54, 1.807) is 91.0 Å². The molecular formula is C96H82F3N19O10S3. The standard InChI is InChI=1S/C33H29FN6O3S.C32H28FN7O3S.C31H25FN6O4S/c34-25-19-23(13-14-26(25)43-24-7-3-1-4-8-24)40-30-27-28(38-33(40)42)29(44-32(27)36-20-35-30)31(41)37-22-11-9-21(10-12-22)15-18-39-16-5-2-6-17-39;1-38-13-15-39(16-14-38)18-20-7-9-21(10-8-20)36-30(41)28-27-26-29(34-19-35-31(26)44-28)40(32(42)37-27)22-11-12-25(24(33)17-22)43-23-5-3-2-4-6-23;32-23-16-21(10-11-24(23)42-22-4-2-1-3-5-22)38-28-25-26(36-31(38)40)27(43-30(25)34-18-33-28)29(39)35-20-8-6-19(7-9-20)17-37-12-14-41-15-13-37/h1,3-4,7-14,19-20H,2,5-6,15-18H2,(H,37,41)(H,38,42);2-12,17,19H,13-16,18H2,1H3,(H,36,41)(H,37,42);1-11,16,18H,12-15,17H2,(H,35,39)(H,36,40). The number of benzene rings is 9. The summed E-state index contributed by atoms with van der Waals surface area (Å²) in [5.41, 5.74) is 7.19. The first kappa shape index (κ1) is 85.7. The number of likely N-dealkylation sites (tertiary alicyclic amines) is 1. The summed E-state index contributed by atoms with van der Waals surface area (Å²) in [5.74, 6) is -0.748. The lowest BCUT2D eigenvalue weighted by atomic mass is 10.1. The number of rotatable bonds is 22. The molecule has 6 aliphatic heterocycles. The number of morpholine rings is 1. The Morgan fingerprint density at radius 2 is 0.725 bits per heavy atom. The highest BCUT2D eigenvalue weighted by Gasteiger charge is 2.39. The lowest BCUT2D eigenvalue weighted by Crippen LogP contribution is -2.43. The van der Waals surface area contributed by atoms with Gasteiger partial charge in [-0.2, -0.15) is 0 Å². The Morgan fingerprint density at radius 3 is 1.07 bits per heavy atom. The zero-order valence-electron chi connectivity index (χ0n) is 70.3. The molecule has 3 saturated heterocycles. The van der Waals surface area contributed by atoms with Gasteiger partial charge in [-0.25, -0.2) is 72.2 Å². The van der Waals surface area contributed by atoms with Crippen LogP contribution in [0.3, 0.4) is 0 Å². The fourth-order valence-electron chi connectivity index (χ4n) is 16.0. The van der Waals surface area contributed by atoms with Crippen LogP contribution in [0.5, 0.6) is 34.5 Å². The molecule has 29 nitrogen and oxygen atoms in total. The van der Waals surface area contributed by atoms with E-state index >= 15 is 13.2 Å². The molecule has 9 amide bonds. The van der Waals surface area contributed by atoms with Crippen molar-refractivity contribution in [2.24, 2.45) is 0 Å². The summed E-state index contributed by atoms with van der Waals surface area (Å²) in [5, 5.41) is 18.8. The SMILES string of the molecule is CN1CCN(Cc2ccc(NC(=O)c3sc4ncnc5c4c3NC(=O)N5c3ccc(Oc4ccccc4)c(F)c3)cc2)CC1.O=C(Nc1ccc(CCN2CCCCC2)cc1)c1sc2ncnc3c2c1NC(=O)N3c1ccc(Oc2ccccc2)c(F)c1.O=C(Nc1ccc(CN2CCOCC2)cc1)c1sc2ncnc3c2c1NC(=O)N3c1ccc(Oc2ccccc2)c(F)c1. The van der Waals surface area contributed by atoms with E-state index in [-0.39, 0.29) is 69.5 Å². The third-order valence-electron chi connectivity index (χ3n) is 22.7. The molecule has 6 N–H and O–H groups in total. The van der Waals surface area contributed by atoms with Crippen LogP contribution in [-0.2, 0) is 24.2 Å². The Kier molecular flexibility index (Phi) is 25.1. The Morgan fingerprint density at radius 1 is 0.389 bits per heavy atom. The van der Waals surface area contributed by atoms with Crippen molar-refractivity contribution in [3.8, 4) is 34.5 Å². The Balaban J connectivity index is 0.000000127. The Hall–Kier alpha value is -14.7. The number of thiophene rings is 3. The normalized spacial score (nSPS) is 15.0. The van der Waals surface area contributed by atoms with Gasteiger partial charge in [0.15, 0.2) is 52.2 Å². The smallest absolute Gasteiger partial charge is 0.332 e. The predicted molar refractivity (Wildman–Crippen MR) is 501 cm³/mol. The number of hydrogen-bond acceptors (Lipinski definition) is 23. The molecule has 660 valence electrons.